The number of oxime groups is 1. The van der Waals surface area contributed by atoms with E-state index in [0.29, 0.717) is 5.71 Å². The lowest BCUT2D eigenvalue weighted by atomic mass is 10.1. The maximum atomic E-state index is 8.58. The van der Waals surface area contributed by atoms with Gasteiger partial charge in [-0.05, 0) is 25.0 Å². The summed E-state index contributed by atoms with van der Waals surface area (Å²) in [5.41, 5.74) is 3.05. The van der Waals surface area contributed by atoms with Crippen molar-refractivity contribution in [3.8, 4) is 0 Å². The van der Waals surface area contributed by atoms with Crippen LogP contribution in [0.4, 0.5) is 0 Å². The van der Waals surface area contributed by atoms with Crippen LogP contribution in [0.2, 0.25) is 0 Å². The van der Waals surface area contributed by atoms with Crippen molar-refractivity contribution < 1.29 is 5.21 Å². The van der Waals surface area contributed by atoms with Gasteiger partial charge in [0.15, 0.2) is 0 Å². The number of aryl methyl sites for hydroxylation is 1. The third-order valence-electron chi connectivity index (χ3n) is 2.04. The number of allylic oxidation sites excluding steroid dienone is 1. The molecule has 2 nitrogen and oxygen atoms in total. The van der Waals surface area contributed by atoms with E-state index < -0.39 is 0 Å². The quantitative estimate of drug-likeness (QED) is 0.442. The average Bonchev–Trinajstić information content (AvgIpc) is 2.22. The third kappa shape index (κ3) is 3.05. The minimum absolute atomic E-state index is 0.686. The maximum absolute atomic E-state index is 8.58. The lowest BCUT2D eigenvalue weighted by Gasteiger charge is -1.95. The molecular formula is C12H15NO. The molecule has 0 heterocycles. The first-order valence-corrected chi connectivity index (χ1v) is 4.72. The monoisotopic (exact) mass is 189 g/mol. The zero-order valence-electron chi connectivity index (χ0n) is 8.57. The lowest BCUT2D eigenvalue weighted by Crippen LogP contribution is -1.88. The lowest BCUT2D eigenvalue weighted by molar-refractivity contribution is 0.318. The molecule has 0 aliphatic heterocycles. The Morgan fingerprint density at radius 1 is 1.36 bits per heavy atom. The Labute approximate surface area is 84.6 Å². The molecule has 0 saturated carbocycles. The summed E-state index contributed by atoms with van der Waals surface area (Å²) in [5.74, 6) is 0. The molecule has 0 aromatic heterocycles. The number of hydrogen-bond acceptors (Lipinski definition) is 2. The highest BCUT2D eigenvalue weighted by Gasteiger charge is 1.90. The Morgan fingerprint density at radius 2 is 2.00 bits per heavy atom. The van der Waals surface area contributed by atoms with Gasteiger partial charge in [-0.3, -0.25) is 0 Å². The molecule has 0 radical (unpaired) electrons. The summed E-state index contributed by atoms with van der Waals surface area (Å²) in [6.45, 7) is 4.01. The second-order valence-electron chi connectivity index (χ2n) is 3.19. The maximum Gasteiger partial charge on any atom is 0.0793 e. The van der Waals surface area contributed by atoms with Gasteiger partial charge in [-0.25, -0.2) is 0 Å². The third-order valence-corrected chi connectivity index (χ3v) is 2.04. The van der Waals surface area contributed by atoms with E-state index in [2.05, 4.69) is 24.2 Å². The minimum atomic E-state index is 0.686. The van der Waals surface area contributed by atoms with E-state index in [0.717, 1.165) is 12.0 Å². The largest absolute Gasteiger partial charge is 0.411 e. The van der Waals surface area contributed by atoms with Crippen LogP contribution in [0.25, 0.3) is 6.08 Å². The number of hydrogen-bond donors (Lipinski definition) is 1. The van der Waals surface area contributed by atoms with Crippen molar-refractivity contribution in [1.82, 2.24) is 0 Å². The molecule has 1 rings (SSSR count). The van der Waals surface area contributed by atoms with Gasteiger partial charge in [0.1, 0.15) is 0 Å². The van der Waals surface area contributed by atoms with Crippen LogP contribution in [-0.4, -0.2) is 10.9 Å². The molecule has 0 amide bonds. The van der Waals surface area contributed by atoms with Gasteiger partial charge in [0.25, 0.3) is 0 Å². The molecule has 0 saturated heterocycles. The van der Waals surface area contributed by atoms with Crippen molar-refractivity contribution in [1.29, 1.82) is 0 Å². The van der Waals surface area contributed by atoms with Crippen LogP contribution in [0.1, 0.15) is 24.5 Å². The Bertz CT molecular complexity index is 336. The highest BCUT2D eigenvalue weighted by molar-refractivity contribution is 5.97. The van der Waals surface area contributed by atoms with E-state index >= 15 is 0 Å². The number of benzene rings is 1. The van der Waals surface area contributed by atoms with Crippen LogP contribution >= 0.6 is 0 Å². The molecule has 0 unspecified atom stereocenters. The van der Waals surface area contributed by atoms with Crippen LogP contribution in [0.5, 0.6) is 0 Å². The molecule has 0 bridgehead atoms. The van der Waals surface area contributed by atoms with Gasteiger partial charge in [-0.2, -0.15) is 0 Å². The fourth-order valence-electron chi connectivity index (χ4n) is 1.09. The second-order valence-corrected chi connectivity index (χ2v) is 3.19. The molecule has 0 fully saturated rings. The first kappa shape index (κ1) is 10.5. The Balaban J connectivity index is 2.73. The van der Waals surface area contributed by atoms with Crippen molar-refractivity contribution in [2.45, 2.75) is 20.3 Å². The van der Waals surface area contributed by atoms with E-state index in [4.69, 9.17) is 5.21 Å². The van der Waals surface area contributed by atoms with Crippen LogP contribution in [0.3, 0.4) is 0 Å². The Kier molecular flexibility index (Phi) is 3.92. The highest BCUT2D eigenvalue weighted by Crippen LogP contribution is 2.05. The zero-order valence-corrected chi connectivity index (χ0v) is 8.57. The first-order valence-electron chi connectivity index (χ1n) is 4.72. The van der Waals surface area contributed by atoms with Crippen LogP contribution in [0.15, 0.2) is 35.5 Å². The van der Waals surface area contributed by atoms with E-state index in [1.54, 1.807) is 0 Å². The minimum Gasteiger partial charge on any atom is -0.411 e. The predicted molar refractivity (Wildman–Crippen MR) is 59.7 cm³/mol. The SMILES string of the molecule is CCC(/C=C/c1ccc(C)cc1)=N/O. The first-order chi connectivity index (χ1) is 6.76. The standard InChI is InChI=1S/C12H15NO/c1-3-12(13-14)9-8-11-6-4-10(2)5-7-11/h4-9,14H,3H2,1-2H3/b9-8+,13-12-. The summed E-state index contributed by atoms with van der Waals surface area (Å²) in [6.07, 6.45) is 4.50. The van der Waals surface area contributed by atoms with Crippen molar-refractivity contribution in [3.63, 3.8) is 0 Å². The van der Waals surface area contributed by atoms with Gasteiger partial charge < -0.3 is 5.21 Å². The molecule has 1 aromatic carbocycles. The summed E-state index contributed by atoms with van der Waals surface area (Å²) < 4.78 is 0. The predicted octanol–water partition coefficient (Wildman–Crippen LogP) is 3.25. The summed E-state index contributed by atoms with van der Waals surface area (Å²) in [4.78, 5) is 0. The number of rotatable bonds is 3. The van der Waals surface area contributed by atoms with Gasteiger partial charge >= 0.3 is 0 Å². The molecule has 74 valence electrons. The highest BCUT2D eigenvalue weighted by atomic mass is 16.4. The fraction of sp³-hybridized carbons (Fsp3) is 0.250. The molecular weight excluding hydrogens is 174 g/mol. The Hall–Kier alpha value is -1.57. The molecule has 0 spiro atoms. The van der Waals surface area contributed by atoms with Crippen LogP contribution in [0, 0.1) is 6.92 Å². The average molecular weight is 189 g/mol. The molecule has 14 heavy (non-hydrogen) atoms. The molecule has 0 aliphatic carbocycles. The topological polar surface area (TPSA) is 32.6 Å². The summed E-state index contributed by atoms with van der Waals surface area (Å²) >= 11 is 0. The smallest absolute Gasteiger partial charge is 0.0793 e. The molecule has 1 aromatic rings. The van der Waals surface area contributed by atoms with Crippen molar-refractivity contribution in [2.24, 2.45) is 5.16 Å². The van der Waals surface area contributed by atoms with Crippen LogP contribution < -0.4 is 0 Å². The molecule has 0 atom stereocenters. The van der Waals surface area contributed by atoms with Gasteiger partial charge in [-0.15, -0.1) is 0 Å². The van der Waals surface area contributed by atoms with Gasteiger partial charge in [0, 0.05) is 0 Å². The zero-order chi connectivity index (χ0) is 10.4. The summed E-state index contributed by atoms with van der Waals surface area (Å²) in [7, 11) is 0. The number of nitrogens with zero attached hydrogens (tertiary/aromatic N) is 1. The van der Waals surface area contributed by atoms with Gasteiger partial charge in [0.05, 0.1) is 5.71 Å². The van der Waals surface area contributed by atoms with Crippen molar-refractivity contribution in [3.05, 3.63) is 41.5 Å². The summed E-state index contributed by atoms with van der Waals surface area (Å²) in [5, 5.41) is 11.8. The summed E-state index contributed by atoms with van der Waals surface area (Å²) in [6, 6.07) is 8.19. The second kappa shape index (κ2) is 5.22. The van der Waals surface area contributed by atoms with E-state index in [-0.39, 0.29) is 0 Å². The fourth-order valence-corrected chi connectivity index (χ4v) is 1.09. The van der Waals surface area contributed by atoms with Crippen molar-refractivity contribution in [2.75, 3.05) is 0 Å². The van der Waals surface area contributed by atoms with Gasteiger partial charge in [-0.1, -0.05) is 48.0 Å². The normalized spacial score (nSPS) is 12.3. The van der Waals surface area contributed by atoms with Crippen LogP contribution in [-0.2, 0) is 0 Å². The van der Waals surface area contributed by atoms with E-state index in [1.165, 1.54) is 5.56 Å². The van der Waals surface area contributed by atoms with E-state index in [1.807, 2.05) is 31.2 Å². The van der Waals surface area contributed by atoms with Crippen molar-refractivity contribution >= 4 is 11.8 Å². The van der Waals surface area contributed by atoms with Gasteiger partial charge in [0.2, 0.25) is 0 Å². The molecule has 2 heteroatoms. The molecule has 0 aliphatic rings. The van der Waals surface area contributed by atoms with E-state index in [9.17, 15) is 0 Å². The Morgan fingerprint density at radius 3 is 2.50 bits per heavy atom. The molecule has 1 N–H and O–H groups in total.